The summed E-state index contributed by atoms with van der Waals surface area (Å²) in [6, 6.07) is 11.7. The monoisotopic (exact) mass is 583 g/mol. The number of aryl methyl sites for hydroxylation is 2. The minimum absolute atomic E-state index is 0.134. The van der Waals surface area contributed by atoms with Gasteiger partial charge in [-0.3, -0.25) is 9.69 Å². The first-order chi connectivity index (χ1) is 18.7. The van der Waals surface area contributed by atoms with Gasteiger partial charge >= 0.3 is 12.1 Å². The molecule has 0 unspecified atom stereocenters. The second kappa shape index (κ2) is 10.7. The molecular formula is C27H32F3N3O6S. The third-order valence-electron chi connectivity index (χ3n) is 7.87. The first-order valence-electron chi connectivity index (χ1n) is 12.6. The number of benzene rings is 2. The van der Waals surface area contributed by atoms with Crippen molar-refractivity contribution in [3.8, 4) is 5.75 Å². The van der Waals surface area contributed by atoms with Gasteiger partial charge in [-0.25, -0.2) is 13.2 Å². The zero-order valence-corrected chi connectivity index (χ0v) is 23.5. The van der Waals surface area contributed by atoms with E-state index in [1.807, 2.05) is 32.0 Å². The van der Waals surface area contributed by atoms with Crippen LogP contribution in [-0.2, 0) is 24.3 Å². The Bertz CT molecular complexity index is 1390. The number of aldehydes is 1. The van der Waals surface area contributed by atoms with Crippen molar-refractivity contribution < 1.29 is 40.7 Å². The molecule has 2 saturated heterocycles. The van der Waals surface area contributed by atoms with Crippen LogP contribution >= 0.6 is 0 Å². The molecule has 0 aliphatic carbocycles. The van der Waals surface area contributed by atoms with Gasteiger partial charge in [0.15, 0.2) is 11.9 Å². The molecule has 2 fully saturated rings. The summed E-state index contributed by atoms with van der Waals surface area (Å²) in [7, 11) is -2.95. The van der Waals surface area contributed by atoms with E-state index in [1.54, 1.807) is 11.0 Å². The number of alkyl halides is 3. The number of anilines is 1. The third-order valence-corrected chi connectivity index (χ3v) is 9.65. The quantitative estimate of drug-likeness (QED) is 0.363. The molecule has 40 heavy (non-hydrogen) atoms. The molecule has 0 bridgehead atoms. The minimum atomic E-state index is -5.38. The van der Waals surface area contributed by atoms with E-state index < -0.39 is 39.9 Å². The average Bonchev–Trinajstić information content (AvgIpc) is 3.23. The van der Waals surface area contributed by atoms with Crippen LogP contribution in [0, 0.1) is 13.8 Å². The zero-order chi connectivity index (χ0) is 29.5. The number of ether oxygens (including phenoxy) is 2. The molecule has 0 spiro atoms. The highest BCUT2D eigenvalue weighted by molar-refractivity contribution is 7.89. The third kappa shape index (κ3) is 5.29. The van der Waals surface area contributed by atoms with E-state index in [0.29, 0.717) is 13.1 Å². The fourth-order valence-corrected chi connectivity index (χ4v) is 7.07. The van der Waals surface area contributed by atoms with Crippen LogP contribution in [0.25, 0.3) is 0 Å². The summed E-state index contributed by atoms with van der Waals surface area (Å²) < 4.78 is 78.2. The number of carbonyl (C=O) groups is 2. The summed E-state index contributed by atoms with van der Waals surface area (Å²) in [5.41, 5.74) is -0.850. The number of sulfonamides is 1. The Labute approximate surface area is 231 Å². The minimum Gasteiger partial charge on any atom is -0.497 e. The van der Waals surface area contributed by atoms with Crippen LogP contribution in [0.1, 0.15) is 18.1 Å². The lowest BCUT2D eigenvalue weighted by molar-refractivity contribution is -0.219. The molecule has 2 aromatic carbocycles. The summed E-state index contributed by atoms with van der Waals surface area (Å²) >= 11 is 0. The van der Waals surface area contributed by atoms with E-state index in [2.05, 4.69) is 4.90 Å². The molecule has 0 saturated carbocycles. The topological polar surface area (TPSA) is 96.5 Å². The van der Waals surface area contributed by atoms with Crippen molar-refractivity contribution in [1.29, 1.82) is 0 Å². The maximum atomic E-state index is 13.6. The first-order valence-corrected chi connectivity index (χ1v) is 14.1. The highest BCUT2D eigenvalue weighted by atomic mass is 32.2. The normalized spacial score (nSPS) is 24.6. The number of piperazine rings is 1. The molecule has 2 aliphatic heterocycles. The number of hydrogen-bond acceptors (Lipinski definition) is 8. The molecule has 13 heteroatoms. The number of esters is 1. The predicted molar refractivity (Wildman–Crippen MR) is 141 cm³/mol. The van der Waals surface area contributed by atoms with E-state index in [-0.39, 0.29) is 36.6 Å². The van der Waals surface area contributed by atoms with E-state index in [1.165, 1.54) is 32.2 Å². The maximum Gasteiger partial charge on any atom is 0.490 e. The molecular weight excluding hydrogens is 551 g/mol. The number of carbonyl (C=O) groups excluding carboxylic acids is 2. The SMILES string of the molecule is COc1cccc(S(=O)(=O)N2C[C@@](C=O)(OC(=O)C(F)(F)F)[C@@](C)(N3CCN(c4cc(C)ccc4C)CC3)C2)c1. The van der Waals surface area contributed by atoms with Gasteiger partial charge in [0.1, 0.15) is 5.75 Å². The highest BCUT2D eigenvalue weighted by Crippen LogP contribution is 2.43. The Morgan fingerprint density at radius 1 is 1.02 bits per heavy atom. The Kier molecular flexibility index (Phi) is 7.96. The van der Waals surface area contributed by atoms with Crippen molar-refractivity contribution in [2.75, 3.05) is 51.3 Å². The van der Waals surface area contributed by atoms with Gasteiger partial charge in [0.05, 0.1) is 24.1 Å². The number of halogens is 3. The van der Waals surface area contributed by atoms with Crippen LogP contribution < -0.4 is 9.64 Å². The van der Waals surface area contributed by atoms with Crippen molar-refractivity contribution in [1.82, 2.24) is 9.21 Å². The Hall–Kier alpha value is -3.16. The summed E-state index contributed by atoms with van der Waals surface area (Å²) in [6.07, 6.45) is -5.24. The van der Waals surface area contributed by atoms with Crippen molar-refractivity contribution in [2.45, 2.75) is 43.0 Å². The van der Waals surface area contributed by atoms with Crippen LogP contribution in [0.15, 0.2) is 47.4 Å². The molecule has 2 aromatic rings. The van der Waals surface area contributed by atoms with E-state index in [0.717, 1.165) is 21.1 Å². The number of rotatable bonds is 7. The average molecular weight is 584 g/mol. The fraction of sp³-hybridized carbons (Fsp3) is 0.481. The molecule has 0 radical (unpaired) electrons. The lowest BCUT2D eigenvalue weighted by Crippen LogP contribution is -2.68. The fourth-order valence-electron chi connectivity index (χ4n) is 5.47. The lowest BCUT2D eigenvalue weighted by atomic mass is 9.82. The zero-order valence-electron chi connectivity index (χ0n) is 22.7. The lowest BCUT2D eigenvalue weighted by Gasteiger charge is -2.49. The highest BCUT2D eigenvalue weighted by Gasteiger charge is 2.65. The van der Waals surface area contributed by atoms with Crippen LogP contribution in [0.5, 0.6) is 5.75 Å². The van der Waals surface area contributed by atoms with E-state index in [4.69, 9.17) is 9.47 Å². The smallest absolute Gasteiger partial charge is 0.490 e. The Morgan fingerprint density at radius 3 is 2.30 bits per heavy atom. The van der Waals surface area contributed by atoms with Gasteiger partial charge in [0.25, 0.3) is 0 Å². The van der Waals surface area contributed by atoms with E-state index >= 15 is 0 Å². The number of hydrogen-bond donors (Lipinski definition) is 0. The molecule has 4 rings (SSSR count). The van der Waals surface area contributed by atoms with Crippen LogP contribution in [0.3, 0.4) is 0 Å². The van der Waals surface area contributed by atoms with E-state index in [9.17, 15) is 31.2 Å². The maximum absolute atomic E-state index is 13.6. The van der Waals surface area contributed by atoms with Crippen molar-refractivity contribution in [3.05, 3.63) is 53.6 Å². The van der Waals surface area contributed by atoms with Crippen molar-refractivity contribution in [3.63, 3.8) is 0 Å². The molecule has 2 atom stereocenters. The first kappa shape index (κ1) is 29.8. The second-order valence-corrected chi connectivity index (χ2v) is 12.3. The standard InChI is InChI=1S/C27H32F3N3O6S/c1-19-8-9-20(2)23(14-19)31-10-12-32(13-11-31)25(3)16-33(17-26(25,18-34)39-24(35)27(28,29)30)40(36,37)22-7-5-6-21(15-22)38-4/h5-9,14-15,18H,10-13,16-17H2,1-4H3/t25-,26-/m0/s1. The van der Waals surface area contributed by atoms with Gasteiger partial charge in [-0.05, 0) is 50.1 Å². The molecule has 2 aliphatic rings. The van der Waals surface area contributed by atoms with Crippen LogP contribution in [0.4, 0.5) is 18.9 Å². The van der Waals surface area contributed by atoms with Crippen molar-refractivity contribution in [2.24, 2.45) is 0 Å². The number of nitrogens with zero attached hydrogens (tertiary/aromatic N) is 3. The summed E-state index contributed by atoms with van der Waals surface area (Å²) in [4.78, 5) is 28.4. The largest absolute Gasteiger partial charge is 0.497 e. The van der Waals surface area contributed by atoms with Crippen molar-refractivity contribution >= 4 is 28.0 Å². The Morgan fingerprint density at radius 2 is 1.70 bits per heavy atom. The van der Waals surface area contributed by atoms with Gasteiger partial charge in [-0.1, -0.05) is 18.2 Å². The molecule has 218 valence electrons. The summed E-state index contributed by atoms with van der Waals surface area (Å²) in [6.45, 7) is 5.78. The van der Waals surface area contributed by atoms with Gasteiger partial charge in [0, 0.05) is 44.5 Å². The molecule has 9 nitrogen and oxygen atoms in total. The van der Waals surface area contributed by atoms with Gasteiger partial charge in [0.2, 0.25) is 10.0 Å². The molecule has 0 N–H and O–H groups in total. The molecule has 0 amide bonds. The van der Waals surface area contributed by atoms with Gasteiger partial charge in [-0.15, -0.1) is 0 Å². The second-order valence-electron chi connectivity index (χ2n) is 10.4. The molecule has 0 aromatic heterocycles. The predicted octanol–water partition coefficient (Wildman–Crippen LogP) is 2.94. The van der Waals surface area contributed by atoms with Crippen LogP contribution in [-0.4, -0.2) is 93.6 Å². The summed E-state index contributed by atoms with van der Waals surface area (Å²) in [5.74, 6) is -2.30. The van der Waals surface area contributed by atoms with Crippen LogP contribution in [0.2, 0.25) is 0 Å². The Balaban J connectivity index is 1.69. The number of methoxy groups -OCH3 is 1. The summed E-state index contributed by atoms with van der Waals surface area (Å²) in [5, 5.41) is 0. The molecule has 2 heterocycles. The van der Waals surface area contributed by atoms with Gasteiger partial charge < -0.3 is 14.4 Å². The van der Waals surface area contributed by atoms with Gasteiger partial charge in [-0.2, -0.15) is 17.5 Å².